The fourth-order valence-electron chi connectivity index (χ4n) is 4.09. The lowest BCUT2D eigenvalue weighted by Gasteiger charge is -2.36. The number of rotatable bonds is 4. The molecule has 0 unspecified atom stereocenters. The summed E-state index contributed by atoms with van der Waals surface area (Å²) in [5.74, 6) is 3.62. The highest BCUT2D eigenvalue weighted by molar-refractivity contribution is 6.01. The van der Waals surface area contributed by atoms with E-state index in [1.807, 2.05) is 26.0 Å². The van der Waals surface area contributed by atoms with Crippen LogP contribution in [-0.4, -0.2) is 43.3 Å². The Hall–Kier alpha value is -2.67. The van der Waals surface area contributed by atoms with Gasteiger partial charge in [0.25, 0.3) is 0 Å². The highest BCUT2D eigenvalue weighted by atomic mass is 16.7. The first-order valence-corrected chi connectivity index (χ1v) is 9.01. The normalized spacial score (nSPS) is 19.3. The average Bonchev–Trinajstić information content (AvgIpc) is 3.25. The highest BCUT2D eigenvalue weighted by Gasteiger charge is 2.35. The van der Waals surface area contributed by atoms with Crippen LogP contribution in [0.25, 0.3) is 0 Å². The number of fused-ring (bicyclic) bond motifs is 2. The number of ether oxygens (including phenoxy) is 3. The Morgan fingerprint density at radius 2 is 2.15 bits per heavy atom. The number of benzene rings is 1. The van der Waals surface area contributed by atoms with E-state index in [2.05, 4.69) is 17.1 Å². The third-order valence-corrected chi connectivity index (χ3v) is 5.41. The smallest absolute Gasteiger partial charge is 0.231 e. The van der Waals surface area contributed by atoms with Crippen molar-refractivity contribution in [1.82, 2.24) is 4.90 Å². The largest absolute Gasteiger partial charge is 0.492 e. The van der Waals surface area contributed by atoms with Crippen molar-refractivity contribution in [3.63, 3.8) is 0 Å². The summed E-state index contributed by atoms with van der Waals surface area (Å²) in [5.41, 5.74) is 3.66. The fraction of sp³-hybridized carbons (Fsp3) is 0.450. The number of likely N-dealkylation sites (N-methyl/N-ethyl adjacent to an activating group) is 1. The minimum Gasteiger partial charge on any atom is -0.492 e. The quantitative estimate of drug-likeness (QED) is 0.503. The summed E-state index contributed by atoms with van der Waals surface area (Å²) < 4.78 is 22.6. The zero-order chi connectivity index (χ0) is 19.1. The summed E-state index contributed by atoms with van der Waals surface area (Å²) in [6.45, 7) is 4.86. The third kappa shape index (κ3) is 2.92. The first kappa shape index (κ1) is 17.7. The number of hydrogen-bond donors (Lipinski definition) is 1. The Labute approximate surface area is 158 Å². The van der Waals surface area contributed by atoms with Crippen molar-refractivity contribution >= 4 is 5.71 Å². The van der Waals surface area contributed by atoms with Gasteiger partial charge in [-0.2, -0.15) is 0 Å². The standard InChI is InChI=1S/C20H24N2O5/c1-11-7-14(12(2)27-11)15(21-23)9-16-18-13(5-6-22(16)3)8-17-19(20(18)24-4)26-10-25-17/h7-8,16,23H,5-6,9-10H2,1-4H3/b21-15+/t16-/m0/s1. The van der Waals surface area contributed by atoms with Crippen LogP contribution < -0.4 is 14.2 Å². The molecule has 0 aliphatic carbocycles. The average molecular weight is 372 g/mol. The second-order valence-corrected chi connectivity index (χ2v) is 7.04. The number of furan rings is 1. The van der Waals surface area contributed by atoms with Gasteiger partial charge in [0, 0.05) is 30.1 Å². The molecule has 1 N–H and O–H groups in total. The van der Waals surface area contributed by atoms with Crippen LogP contribution in [0.5, 0.6) is 17.2 Å². The van der Waals surface area contributed by atoms with Crippen LogP contribution in [0.15, 0.2) is 21.7 Å². The van der Waals surface area contributed by atoms with E-state index >= 15 is 0 Å². The van der Waals surface area contributed by atoms with Crippen molar-refractivity contribution in [2.24, 2.45) is 5.16 Å². The van der Waals surface area contributed by atoms with Crippen molar-refractivity contribution < 1.29 is 23.8 Å². The van der Waals surface area contributed by atoms with E-state index in [0.717, 1.165) is 41.4 Å². The lowest BCUT2D eigenvalue weighted by Crippen LogP contribution is -2.34. The first-order valence-electron chi connectivity index (χ1n) is 9.01. The van der Waals surface area contributed by atoms with Gasteiger partial charge in [-0.15, -0.1) is 0 Å². The van der Waals surface area contributed by atoms with Crippen LogP contribution in [0.3, 0.4) is 0 Å². The zero-order valence-corrected chi connectivity index (χ0v) is 16.0. The Balaban J connectivity index is 1.77. The maximum atomic E-state index is 9.71. The van der Waals surface area contributed by atoms with E-state index in [4.69, 9.17) is 18.6 Å². The topological polar surface area (TPSA) is 76.7 Å². The van der Waals surface area contributed by atoms with Crippen LogP contribution in [0.2, 0.25) is 0 Å². The molecule has 144 valence electrons. The van der Waals surface area contributed by atoms with Gasteiger partial charge in [0.1, 0.15) is 11.5 Å². The van der Waals surface area contributed by atoms with Crippen molar-refractivity contribution in [2.45, 2.75) is 32.7 Å². The van der Waals surface area contributed by atoms with Gasteiger partial charge in [-0.1, -0.05) is 5.16 Å². The predicted octanol–water partition coefficient (Wildman–Crippen LogP) is 3.43. The Bertz CT molecular complexity index is 902. The first-order chi connectivity index (χ1) is 13.0. The molecule has 0 spiro atoms. The molecule has 7 heteroatoms. The van der Waals surface area contributed by atoms with Gasteiger partial charge in [-0.05, 0) is 45.0 Å². The van der Waals surface area contributed by atoms with Crippen molar-refractivity contribution in [3.05, 3.63) is 40.3 Å². The minimum absolute atomic E-state index is 0.0151. The summed E-state index contributed by atoms with van der Waals surface area (Å²) in [6.07, 6.45) is 1.42. The summed E-state index contributed by atoms with van der Waals surface area (Å²) in [6, 6.07) is 3.94. The highest BCUT2D eigenvalue weighted by Crippen LogP contribution is 2.50. The van der Waals surface area contributed by atoms with Gasteiger partial charge in [-0.25, -0.2) is 0 Å². The monoisotopic (exact) mass is 372 g/mol. The molecule has 3 heterocycles. The van der Waals surface area contributed by atoms with Gasteiger partial charge in [-0.3, -0.25) is 4.90 Å². The maximum absolute atomic E-state index is 9.71. The SMILES string of the molecule is COc1c2c(cc3c1[C@H](C/C(=N\O)c1cc(C)oc1C)N(C)CC3)OCO2. The molecule has 0 bridgehead atoms. The maximum Gasteiger partial charge on any atom is 0.231 e. The lowest BCUT2D eigenvalue weighted by atomic mass is 9.87. The van der Waals surface area contributed by atoms with Crippen LogP contribution >= 0.6 is 0 Å². The molecule has 0 saturated carbocycles. The minimum atomic E-state index is -0.0151. The fourth-order valence-corrected chi connectivity index (χ4v) is 4.09. The molecule has 0 saturated heterocycles. The molecule has 2 aromatic rings. The molecule has 1 aromatic heterocycles. The number of aryl methyl sites for hydroxylation is 2. The van der Waals surface area contributed by atoms with E-state index < -0.39 is 0 Å². The number of hydrogen-bond acceptors (Lipinski definition) is 7. The number of nitrogens with zero attached hydrogens (tertiary/aromatic N) is 2. The third-order valence-electron chi connectivity index (χ3n) is 5.41. The molecule has 1 aromatic carbocycles. The second kappa shape index (κ2) is 6.81. The van der Waals surface area contributed by atoms with Crippen molar-refractivity contribution in [2.75, 3.05) is 27.5 Å². The summed E-state index contributed by atoms with van der Waals surface area (Å²) in [5, 5.41) is 13.3. The van der Waals surface area contributed by atoms with E-state index in [1.54, 1.807) is 7.11 Å². The van der Waals surface area contributed by atoms with Crippen LogP contribution in [0, 0.1) is 13.8 Å². The molecule has 0 amide bonds. The molecule has 27 heavy (non-hydrogen) atoms. The second-order valence-electron chi connectivity index (χ2n) is 7.04. The van der Waals surface area contributed by atoms with Gasteiger partial charge < -0.3 is 23.8 Å². The summed E-state index contributed by atoms with van der Waals surface area (Å²) in [7, 11) is 3.72. The van der Waals surface area contributed by atoms with E-state index in [1.165, 1.54) is 5.56 Å². The van der Waals surface area contributed by atoms with E-state index in [-0.39, 0.29) is 12.8 Å². The van der Waals surface area contributed by atoms with E-state index in [9.17, 15) is 5.21 Å². The molecule has 7 nitrogen and oxygen atoms in total. The number of methoxy groups -OCH3 is 1. The summed E-state index contributed by atoms with van der Waals surface area (Å²) >= 11 is 0. The molecule has 4 rings (SSSR count). The lowest BCUT2D eigenvalue weighted by molar-refractivity contribution is 0.170. The Morgan fingerprint density at radius 1 is 1.33 bits per heavy atom. The van der Waals surface area contributed by atoms with Crippen LogP contribution in [-0.2, 0) is 6.42 Å². The van der Waals surface area contributed by atoms with Crippen LogP contribution in [0.1, 0.15) is 40.7 Å². The molecule has 0 radical (unpaired) electrons. The van der Waals surface area contributed by atoms with Gasteiger partial charge in [0.15, 0.2) is 11.5 Å². The Kier molecular flexibility index (Phi) is 4.47. The molecule has 0 fully saturated rings. The van der Waals surface area contributed by atoms with Gasteiger partial charge in [0.2, 0.25) is 12.5 Å². The molecule has 2 aliphatic rings. The predicted molar refractivity (Wildman–Crippen MR) is 99.3 cm³/mol. The van der Waals surface area contributed by atoms with Crippen molar-refractivity contribution in [3.8, 4) is 17.2 Å². The van der Waals surface area contributed by atoms with E-state index in [0.29, 0.717) is 23.6 Å². The zero-order valence-electron chi connectivity index (χ0n) is 16.0. The molecular weight excluding hydrogens is 348 g/mol. The Morgan fingerprint density at radius 3 is 2.81 bits per heavy atom. The van der Waals surface area contributed by atoms with Gasteiger partial charge >= 0.3 is 0 Å². The molecular formula is C20H24N2O5. The molecule has 1 atom stereocenters. The van der Waals surface area contributed by atoms with Crippen molar-refractivity contribution in [1.29, 1.82) is 0 Å². The number of oxime groups is 1. The molecule has 2 aliphatic heterocycles. The van der Waals surface area contributed by atoms with Gasteiger partial charge in [0.05, 0.1) is 12.8 Å². The van der Waals surface area contributed by atoms with Crippen LogP contribution in [0.4, 0.5) is 0 Å². The summed E-state index contributed by atoms with van der Waals surface area (Å²) in [4.78, 5) is 2.25.